The summed E-state index contributed by atoms with van der Waals surface area (Å²) < 4.78 is 0. The van der Waals surface area contributed by atoms with E-state index in [2.05, 4.69) is 5.32 Å². The van der Waals surface area contributed by atoms with E-state index in [-0.39, 0.29) is 6.54 Å². The van der Waals surface area contributed by atoms with Gasteiger partial charge in [0.05, 0.1) is 6.07 Å². The Labute approximate surface area is 98.6 Å². The summed E-state index contributed by atoms with van der Waals surface area (Å²) in [7, 11) is 0. The number of nitriles is 1. The van der Waals surface area contributed by atoms with E-state index in [1.165, 1.54) is 0 Å². The molecule has 3 amide bonds. The number of nitrogens with zero attached hydrogens (tertiary/aromatic N) is 2. The number of rotatable bonds is 2. The van der Waals surface area contributed by atoms with Crippen molar-refractivity contribution < 1.29 is 9.59 Å². The molecule has 17 heavy (non-hydrogen) atoms. The molecule has 1 fully saturated rings. The third kappa shape index (κ3) is 1.64. The Morgan fingerprint density at radius 3 is 2.59 bits per heavy atom. The van der Waals surface area contributed by atoms with Crippen molar-refractivity contribution in [2.24, 2.45) is 0 Å². The molecule has 1 aliphatic rings. The summed E-state index contributed by atoms with van der Waals surface area (Å²) in [6.07, 6.45) is 0. The van der Waals surface area contributed by atoms with Gasteiger partial charge in [0.2, 0.25) is 0 Å². The van der Waals surface area contributed by atoms with Gasteiger partial charge in [-0.2, -0.15) is 5.26 Å². The van der Waals surface area contributed by atoms with Crippen LogP contribution in [0.4, 0.5) is 4.79 Å². The first-order valence-electron chi connectivity index (χ1n) is 5.16. The van der Waals surface area contributed by atoms with Crippen LogP contribution in [0.5, 0.6) is 0 Å². The molecule has 1 atom stereocenters. The van der Waals surface area contributed by atoms with Crippen molar-refractivity contribution in [1.29, 1.82) is 5.26 Å². The summed E-state index contributed by atoms with van der Waals surface area (Å²) in [6, 6.07) is 10.3. The number of amides is 3. The van der Waals surface area contributed by atoms with Gasteiger partial charge < -0.3 is 5.32 Å². The molecule has 0 radical (unpaired) electrons. The highest BCUT2D eigenvalue weighted by atomic mass is 16.2. The van der Waals surface area contributed by atoms with Crippen molar-refractivity contribution in [2.75, 3.05) is 6.54 Å². The molecule has 1 aliphatic heterocycles. The summed E-state index contributed by atoms with van der Waals surface area (Å²) in [5.74, 6) is -0.393. The molecule has 1 saturated heterocycles. The lowest BCUT2D eigenvalue weighted by molar-refractivity contribution is -0.130. The molecule has 2 rings (SSSR count). The maximum absolute atomic E-state index is 12.1. The molecular formula is C12H11N3O2. The molecule has 0 saturated carbocycles. The summed E-state index contributed by atoms with van der Waals surface area (Å²) in [5, 5.41) is 11.2. The Morgan fingerprint density at radius 1 is 1.35 bits per heavy atom. The van der Waals surface area contributed by atoms with E-state index in [4.69, 9.17) is 5.26 Å². The van der Waals surface area contributed by atoms with Gasteiger partial charge in [-0.15, -0.1) is 0 Å². The predicted octanol–water partition coefficient (Wildman–Crippen LogP) is 0.977. The van der Waals surface area contributed by atoms with E-state index in [1.807, 2.05) is 6.07 Å². The SMILES string of the molecule is CC1(c2ccccc2)NC(=O)N(CC#N)C1=O. The molecule has 1 unspecified atom stereocenters. The standard InChI is InChI=1S/C12H11N3O2/c1-12(9-5-3-2-4-6-9)10(16)15(8-7-13)11(17)14-12/h2-6H,8H2,1H3,(H,14,17). The largest absolute Gasteiger partial charge is 0.326 e. The molecular weight excluding hydrogens is 218 g/mol. The highest BCUT2D eigenvalue weighted by Gasteiger charge is 2.48. The lowest BCUT2D eigenvalue weighted by Crippen LogP contribution is -2.40. The van der Waals surface area contributed by atoms with Gasteiger partial charge in [-0.25, -0.2) is 9.69 Å². The normalized spacial score (nSPS) is 23.4. The zero-order chi connectivity index (χ0) is 12.5. The first kappa shape index (κ1) is 11.1. The van der Waals surface area contributed by atoms with Crippen LogP contribution in [0.3, 0.4) is 0 Å². The van der Waals surface area contributed by atoms with E-state index < -0.39 is 17.5 Å². The zero-order valence-corrected chi connectivity index (χ0v) is 9.30. The van der Waals surface area contributed by atoms with Crippen molar-refractivity contribution in [3.8, 4) is 6.07 Å². The summed E-state index contributed by atoms with van der Waals surface area (Å²) in [6.45, 7) is 1.41. The number of hydrogen-bond acceptors (Lipinski definition) is 3. The molecule has 0 bridgehead atoms. The minimum atomic E-state index is -1.07. The molecule has 5 heteroatoms. The molecule has 1 aromatic carbocycles. The molecule has 86 valence electrons. The fourth-order valence-corrected chi connectivity index (χ4v) is 1.88. The number of urea groups is 1. The summed E-state index contributed by atoms with van der Waals surface area (Å²) in [5.41, 5.74) is -0.367. The lowest BCUT2D eigenvalue weighted by Gasteiger charge is -2.21. The van der Waals surface area contributed by atoms with Crippen LogP contribution >= 0.6 is 0 Å². The smallest absolute Gasteiger partial charge is 0.319 e. The molecule has 0 aliphatic carbocycles. The monoisotopic (exact) mass is 229 g/mol. The Bertz CT molecular complexity index is 506. The Balaban J connectivity index is 2.39. The van der Waals surface area contributed by atoms with Crippen LogP contribution in [0.25, 0.3) is 0 Å². The van der Waals surface area contributed by atoms with E-state index in [0.717, 1.165) is 4.90 Å². The molecule has 1 aromatic rings. The first-order valence-corrected chi connectivity index (χ1v) is 5.16. The first-order chi connectivity index (χ1) is 8.09. The van der Waals surface area contributed by atoms with E-state index in [0.29, 0.717) is 5.56 Å². The fourth-order valence-electron chi connectivity index (χ4n) is 1.88. The quantitative estimate of drug-likeness (QED) is 0.606. The average molecular weight is 229 g/mol. The fraction of sp³-hybridized carbons (Fsp3) is 0.250. The minimum Gasteiger partial charge on any atom is -0.319 e. The van der Waals surface area contributed by atoms with Crippen molar-refractivity contribution in [1.82, 2.24) is 10.2 Å². The molecule has 5 nitrogen and oxygen atoms in total. The second-order valence-electron chi connectivity index (χ2n) is 3.97. The predicted molar refractivity (Wildman–Crippen MR) is 59.7 cm³/mol. The van der Waals surface area contributed by atoms with Crippen LogP contribution in [0, 0.1) is 11.3 Å². The number of imide groups is 1. The van der Waals surface area contributed by atoms with Crippen molar-refractivity contribution in [3.05, 3.63) is 35.9 Å². The lowest BCUT2D eigenvalue weighted by atomic mass is 9.92. The Kier molecular flexibility index (Phi) is 2.56. The third-order valence-electron chi connectivity index (χ3n) is 2.85. The van der Waals surface area contributed by atoms with Crippen molar-refractivity contribution >= 4 is 11.9 Å². The van der Waals surface area contributed by atoms with Crippen LogP contribution in [0.2, 0.25) is 0 Å². The van der Waals surface area contributed by atoms with Gasteiger partial charge in [-0.1, -0.05) is 30.3 Å². The topological polar surface area (TPSA) is 73.2 Å². The molecule has 0 aromatic heterocycles. The number of carbonyl (C=O) groups is 2. The van der Waals surface area contributed by atoms with Crippen molar-refractivity contribution in [2.45, 2.75) is 12.5 Å². The number of benzene rings is 1. The Hall–Kier alpha value is -2.35. The van der Waals surface area contributed by atoms with Gasteiger partial charge in [0.1, 0.15) is 12.1 Å². The van der Waals surface area contributed by atoms with E-state index >= 15 is 0 Å². The van der Waals surface area contributed by atoms with Crippen LogP contribution in [0.15, 0.2) is 30.3 Å². The second-order valence-corrected chi connectivity index (χ2v) is 3.97. The molecule has 1 N–H and O–H groups in total. The highest BCUT2D eigenvalue weighted by molar-refractivity contribution is 6.07. The Morgan fingerprint density at radius 2 is 2.00 bits per heavy atom. The highest BCUT2D eigenvalue weighted by Crippen LogP contribution is 2.28. The van der Waals surface area contributed by atoms with Gasteiger partial charge in [0.15, 0.2) is 0 Å². The number of carbonyl (C=O) groups excluding carboxylic acids is 2. The van der Waals surface area contributed by atoms with E-state index in [1.54, 1.807) is 37.3 Å². The second kappa shape index (κ2) is 3.91. The number of hydrogen-bond donors (Lipinski definition) is 1. The van der Waals surface area contributed by atoms with Gasteiger partial charge in [0.25, 0.3) is 5.91 Å². The van der Waals surface area contributed by atoms with Crippen LogP contribution in [0.1, 0.15) is 12.5 Å². The van der Waals surface area contributed by atoms with Gasteiger partial charge in [0, 0.05) is 0 Å². The third-order valence-corrected chi connectivity index (χ3v) is 2.85. The molecule has 1 heterocycles. The van der Waals surface area contributed by atoms with E-state index in [9.17, 15) is 9.59 Å². The number of nitrogens with one attached hydrogen (secondary N) is 1. The van der Waals surface area contributed by atoms with Crippen LogP contribution < -0.4 is 5.32 Å². The van der Waals surface area contributed by atoms with Gasteiger partial charge >= 0.3 is 6.03 Å². The van der Waals surface area contributed by atoms with Gasteiger partial charge in [-0.05, 0) is 12.5 Å². The van der Waals surface area contributed by atoms with Gasteiger partial charge in [-0.3, -0.25) is 4.79 Å². The zero-order valence-electron chi connectivity index (χ0n) is 9.30. The minimum absolute atomic E-state index is 0.229. The van der Waals surface area contributed by atoms with Crippen LogP contribution in [-0.4, -0.2) is 23.4 Å². The molecule has 0 spiro atoms. The maximum Gasteiger partial charge on any atom is 0.326 e. The maximum atomic E-state index is 12.1. The van der Waals surface area contributed by atoms with Crippen molar-refractivity contribution in [3.63, 3.8) is 0 Å². The average Bonchev–Trinajstić information content (AvgIpc) is 2.56. The van der Waals surface area contributed by atoms with Crippen LogP contribution in [-0.2, 0) is 10.3 Å². The summed E-state index contributed by atoms with van der Waals surface area (Å²) in [4.78, 5) is 24.6. The summed E-state index contributed by atoms with van der Waals surface area (Å²) >= 11 is 0.